The minimum absolute atomic E-state index is 0.470. The third-order valence-electron chi connectivity index (χ3n) is 4.76. The molecule has 2 unspecified atom stereocenters. The number of hydrogen-bond acceptors (Lipinski definition) is 2. The van der Waals surface area contributed by atoms with E-state index >= 15 is 0 Å². The average molecular weight is 288 g/mol. The summed E-state index contributed by atoms with van der Waals surface area (Å²) in [7, 11) is 0. The third kappa shape index (κ3) is 4.55. The van der Waals surface area contributed by atoms with E-state index in [1.807, 2.05) is 0 Å². The molecule has 21 heavy (non-hydrogen) atoms. The first-order valence-electron chi connectivity index (χ1n) is 8.84. The molecule has 2 nitrogen and oxygen atoms in total. The number of nitrogens with one attached hydrogen (secondary N) is 1. The summed E-state index contributed by atoms with van der Waals surface area (Å²) in [6.45, 7) is 10.2. The molecule has 1 fully saturated rings. The summed E-state index contributed by atoms with van der Waals surface area (Å²) >= 11 is 0. The summed E-state index contributed by atoms with van der Waals surface area (Å²) in [5.74, 6) is 0. The molecule has 2 atom stereocenters. The van der Waals surface area contributed by atoms with Crippen LogP contribution in [0, 0.1) is 0 Å². The molecule has 0 spiro atoms. The van der Waals surface area contributed by atoms with Crippen molar-refractivity contribution in [2.24, 2.45) is 0 Å². The molecule has 0 radical (unpaired) electrons. The van der Waals surface area contributed by atoms with Gasteiger partial charge >= 0.3 is 0 Å². The van der Waals surface area contributed by atoms with E-state index in [9.17, 15) is 0 Å². The van der Waals surface area contributed by atoms with Crippen molar-refractivity contribution in [1.29, 1.82) is 0 Å². The van der Waals surface area contributed by atoms with Crippen LogP contribution in [0.25, 0.3) is 0 Å². The van der Waals surface area contributed by atoms with E-state index in [1.165, 1.54) is 49.8 Å². The van der Waals surface area contributed by atoms with Crippen molar-refractivity contribution in [3.8, 4) is 0 Å². The molecule has 2 rings (SSSR count). The SMILES string of the molecule is CCCc1ccc(C(CN2CCCC2CC)NCC)cc1. The van der Waals surface area contributed by atoms with Gasteiger partial charge in [-0.25, -0.2) is 0 Å². The molecule has 0 aliphatic carbocycles. The van der Waals surface area contributed by atoms with Crippen molar-refractivity contribution in [3.05, 3.63) is 35.4 Å². The second kappa shape index (κ2) is 8.55. The molecule has 1 heterocycles. The molecular formula is C19H32N2. The van der Waals surface area contributed by atoms with Gasteiger partial charge in [0, 0.05) is 18.6 Å². The molecule has 1 aliphatic rings. The lowest BCUT2D eigenvalue weighted by Crippen LogP contribution is -2.37. The van der Waals surface area contributed by atoms with Gasteiger partial charge in [0.25, 0.3) is 0 Å². The van der Waals surface area contributed by atoms with Crippen LogP contribution >= 0.6 is 0 Å². The van der Waals surface area contributed by atoms with Crippen LogP contribution in [0.2, 0.25) is 0 Å². The van der Waals surface area contributed by atoms with Crippen molar-refractivity contribution < 1.29 is 0 Å². The first kappa shape index (κ1) is 16.5. The Morgan fingerprint density at radius 2 is 1.95 bits per heavy atom. The van der Waals surface area contributed by atoms with Gasteiger partial charge in [0.15, 0.2) is 0 Å². The van der Waals surface area contributed by atoms with Crippen molar-refractivity contribution >= 4 is 0 Å². The number of likely N-dealkylation sites (N-methyl/N-ethyl adjacent to an activating group) is 1. The second-order valence-electron chi connectivity index (χ2n) is 6.30. The van der Waals surface area contributed by atoms with E-state index in [2.05, 4.69) is 55.3 Å². The van der Waals surface area contributed by atoms with Crippen LogP contribution in [0.4, 0.5) is 0 Å². The van der Waals surface area contributed by atoms with Gasteiger partial charge in [-0.15, -0.1) is 0 Å². The normalized spacial score (nSPS) is 20.8. The summed E-state index contributed by atoms with van der Waals surface area (Å²) in [5, 5.41) is 3.68. The first-order valence-corrected chi connectivity index (χ1v) is 8.84. The zero-order valence-corrected chi connectivity index (χ0v) is 14.1. The number of nitrogens with zero attached hydrogens (tertiary/aromatic N) is 1. The topological polar surface area (TPSA) is 15.3 Å². The maximum Gasteiger partial charge on any atom is 0.0449 e. The van der Waals surface area contributed by atoms with Gasteiger partial charge < -0.3 is 5.32 Å². The molecule has 1 aromatic rings. The van der Waals surface area contributed by atoms with Crippen LogP contribution in [-0.4, -0.2) is 30.6 Å². The number of hydrogen-bond donors (Lipinski definition) is 1. The van der Waals surface area contributed by atoms with E-state index in [0.717, 1.165) is 19.1 Å². The molecule has 118 valence electrons. The van der Waals surface area contributed by atoms with Crippen molar-refractivity contribution in [1.82, 2.24) is 10.2 Å². The van der Waals surface area contributed by atoms with Crippen LogP contribution < -0.4 is 5.32 Å². The Morgan fingerprint density at radius 1 is 1.19 bits per heavy atom. The van der Waals surface area contributed by atoms with Crippen LogP contribution in [0.1, 0.15) is 63.6 Å². The molecule has 1 aliphatic heterocycles. The van der Waals surface area contributed by atoms with Crippen molar-refractivity contribution in [3.63, 3.8) is 0 Å². The Kier molecular flexibility index (Phi) is 6.72. The maximum atomic E-state index is 3.68. The second-order valence-corrected chi connectivity index (χ2v) is 6.30. The van der Waals surface area contributed by atoms with Crippen molar-refractivity contribution in [2.45, 2.75) is 65.0 Å². The largest absolute Gasteiger partial charge is 0.309 e. The van der Waals surface area contributed by atoms with Crippen LogP contribution in [0.15, 0.2) is 24.3 Å². The zero-order chi connectivity index (χ0) is 15.1. The van der Waals surface area contributed by atoms with Gasteiger partial charge in [-0.3, -0.25) is 4.90 Å². The number of rotatable bonds is 8. The Bertz CT molecular complexity index is 399. The van der Waals surface area contributed by atoms with Gasteiger partial charge in [-0.1, -0.05) is 51.5 Å². The fourth-order valence-electron chi connectivity index (χ4n) is 3.57. The average Bonchev–Trinajstić information content (AvgIpc) is 2.95. The third-order valence-corrected chi connectivity index (χ3v) is 4.76. The highest BCUT2D eigenvalue weighted by Gasteiger charge is 2.25. The summed E-state index contributed by atoms with van der Waals surface area (Å²) in [5.41, 5.74) is 2.91. The van der Waals surface area contributed by atoms with Gasteiger partial charge in [-0.2, -0.15) is 0 Å². The van der Waals surface area contributed by atoms with Gasteiger partial charge in [-0.05, 0) is 49.9 Å². The minimum atomic E-state index is 0.470. The van der Waals surface area contributed by atoms with E-state index in [0.29, 0.717) is 6.04 Å². The first-order chi connectivity index (χ1) is 10.3. The number of aryl methyl sites for hydroxylation is 1. The highest BCUT2D eigenvalue weighted by atomic mass is 15.2. The lowest BCUT2D eigenvalue weighted by atomic mass is 10.0. The molecule has 0 amide bonds. The fourth-order valence-corrected chi connectivity index (χ4v) is 3.57. The molecule has 1 N–H and O–H groups in total. The summed E-state index contributed by atoms with van der Waals surface area (Å²) in [6.07, 6.45) is 6.45. The molecule has 0 aromatic heterocycles. The Balaban J connectivity index is 2.03. The number of likely N-dealkylation sites (tertiary alicyclic amines) is 1. The van der Waals surface area contributed by atoms with Gasteiger partial charge in [0.1, 0.15) is 0 Å². The predicted molar refractivity (Wildman–Crippen MR) is 91.7 cm³/mol. The van der Waals surface area contributed by atoms with E-state index in [-0.39, 0.29) is 0 Å². The lowest BCUT2D eigenvalue weighted by Gasteiger charge is -2.29. The summed E-state index contributed by atoms with van der Waals surface area (Å²) in [4.78, 5) is 2.69. The summed E-state index contributed by atoms with van der Waals surface area (Å²) in [6, 6.07) is 10.5. The molecular weight excluding hydrogens is 256 g/mol. The quantitative estimate of drug-likeness (QED) is 0.772. The minimum Gasteiger partial charge on any atom is -0.309 e. The highest BCUT2D eigenvalue weighted by molar-refractivity contribution is 5.25. The zero-order valence-electron chi connectivity index (χ0n) is 14.1. The molecule has 0 saturated carbocycles. The molecule has 1 saturated heterocycles. The van der Waals surface area contributed by atoms with Crippen LogP contribution in [-0.2, 0) is 6.42 Å². The predicted octanol–water partition coefficient (Wildman–Crippen LogP) is 4.16. The van der Waals surface area contributed by atoms with Crippen LogP contribution in [0.3, 0.4) is 0 Å². The van der Waals surface area contributed by atoms with E-state index < -0.39 is 0 Å². The van der Waals surface area contributed by atoms with E-state index in [1.54, 1.807) is 0 Å². The molecule has 2 heteroatoms. The van der Waals surface area contributed by atoms with E-state index in [4.69, 9.17) is 0 Å². The summed E-state index contributed by atoms with van der Waals surface area (Å²) < 4.78 is 0. The Labute approximate surface area is 130 Å². The van der Waals surface area contributed by atoms with Crippen LogP contribution in [0.5, 0.6) is 0 Å². The lowest BCUT2D eigenvalue weighted by molar-refractivity contribution is 0.221. The van der Waals surface area contributed by atoms with Crippen molar-refractivity contribution in [2.75, 3.05) is 19.6 Å². The Hall–Kier alpha value is -0.860. The fraction of sp³-hybridized carbons (Fsp3) is 0.684. The standard InChI is InChI=1S/C19H32N2/c1-4-8-16-10-12-17(13-11-16)19(20-6-3)15-21-14-7-9-18(21)5-2/h10-13,18-20H,4-9,14-15H2,1-3H3. The molecule has 0 bridgehead atoms. The van der Waals surface area contributed by atoms with Gasteiger partial charge in [0.2, 0.25) is 0 Å². The Morgan fingerprint density at radius 3 is 2.57 bits per heavy atom. The molecule has 1 aromatic carbocycles. The maximum absolute atomic E-state index is 3.68. The smallest absolute Gasteiger partial charge is 0.0449 e. The van der Waals surface area contributed by atoms with Gasteiger partial charge in [0.05, 0.1) is 0 Å². The monoisotopic (exact) mass is 288 g/mol. The highest BCUT2D eigenvalue weighted by Crippen LogP contribution is 2.24. The number of benzene rings is 1.